The van der Waals surface area contributed by atoms with E-state index >= 15 is 0 Å². The van der Waals surface area contributed by atoms with E-state index in [0.29, 0.717) is 6.26 Å². The van der Waals surface area contributed by atoms with Crippen LogP contribution in [0.15, 0.2) is 42.5 Å². The van der Waals surface area contributed by atoms with Gasteiger partial charge in [0.2, 0.25) is 5.91 Å². The minimum atomic E-state index is -3.67. The Balaban J connectivity index is 0.000000648. The van der Waals surface area contributed by atoms with Gasteiger partial charge in [-0.2, -0.15) is 12.8 Å². The zero-order valence-electron chi connectivity index (χ0n) is 23.6. The van der Waals surface area contributed by atoms with Gasteiger partial charge in [0.25, 0.3) is 10.1 Å². The Morgan fingerprint density at radius 3 is 2.46 bits per heavy atom. The van der Waals surface area contributed by atoms with Crippen molar-refractivity contribution < 1.29 is 17.8 Å². The van der Waals surface area contributed by atoms with Crippen molar-refractivity contribution in [1.29, 1.82) is 0 Å². The predicted molar refractivity (Wildman–Crippen MR) is 159 cm³/mol. The molecule has 8 nitrogen and oxygen atoms in total. The fourth-order valence-corrected chi connectivity index (χ4v) is 6.77. The topological polar surface area (TPSA) is 94.1 Å². The van der Waals surface area contributed by atoms with Gasteiger partial charge in [0.1, 0.15) is 5.82 Å². The predicted octanol–water partition coefficient (Wildman–Crippen LogP) is 4.24. The zero-order valence-corrected chi connectivity index (χ0v) is 25.2. The molecule has 3 aromatic rings. The van der Waals surface area contributed by atoms with Crippen LogP contribution in [0.2, 0.25) is 0 Å². The van der Waals surface area contributed by atoms with E-state index in [4.69, 9.17) is 8.93 Å². The number of benzene rings is 2. The number of hydrogen-bond donors (Lipinski definition) is 1. The van der Waals surface area contributed by atoms with Gasteiger partial charge in [-0.3, -0.25) is 14.2 Å². The molecule has 212 valence electrons. The van der Waals surface area contributed by atoms with Crippen LogP contribution >= 0.6 is 11.5 Å². The van der Waals surface area contributed by atoms with Gasteiger partial charge in [-0.1, -0.05) is 44.2 Å². The molecular formula is C29H40N4O4S2. The van der Waals surface area contributed by atoms with Crippen molar-refractivity contribution in [2.75, 3.05) is 50.4 Å². The Labute approximate surface area is 236 Å². The maximum atomic E-state index is 12.2. The van der Waals surface area contributed by atoms with Crippen molar-refractivity contribution >= 4 is 43.5 Å². The van der Waals surface area contributed by atoms with E-state index in [1.807, 2.05) is 4.90 Å². The summed E-state index contributed by atoms with van der Waals surface area (Å²) < 4.78 is 31.9. The lowest BCUT2D eigenvalue weighted by Crippen LogP contribution is -2.47. The van der Waals surface area contributed by atoms with E-state index in [1.165, 1.54) is 26.8 Å². The molecule has 0 radical (unpaired) electrons. The fraction of sp³-hybridized carbons (Fsp3) is 0.517. The average Bonchev–Trinajstić information content (AvgIpc) is 3.41. The molecule has 1 saturated heterocycles. The average molecular weight is 573 g/mol. The second-order valence-electron chi connectivity index (χ2n) is 11.1. The summed E-state index contributed by atoms with van der Waals surface area (Å²) in [5, 5.41) is 1.28. The number of rotatable bonds is 6. The zero-order chi connectivity index (χ0) is 28.4. The Kier molecular flexibility index (Phi) is 9.00. The number of carbonyl (C=O) groups is 1. The molecule has 1 atom stereocenters. The minimum Gasteiger partial charge on any atom is -0.353 e. The largest absolute Gasteiger partial charge is 0.353 e. The van der Waals surface area contributed by atoms with E-state index in [9.17, 15) is 13.2 Å². The molecule has 1 amide bonds. The summed E-state index contributed by atoms with van der Waals surface area (Å²) in [6.07, 6.45) is 2.75. The molecule has 10 heteroatoms. The lowest BCUT2D eigenvalue weighted by molar-refractivity contribution is -0.132. The maximum absolute atomic E-state index is 12.2. The molecule has 2 aromatic carbocycles. The fourth-order valence-electron chi connectivity index (χ4n) is 5.98. The van der Waals surface area contributed by atoms with E-state index in [0.717, 1.165) is 57.9 Å². The Morgan fingerprint density at radius 2 is 1.82 bits per heavy atom. The van der Waals surface area contributed by atoms with Crippen LogP contribution in [0.5, 0.6) is 0 Å². The number of fused-ring (bicyclic) bond motifs is 2. The molecule has 2 heterocycles. The van der Waals surface area contributed by atoms with Crippen LogP contribution in [0.4, 0.5) is 5.82 Å². The number of hydrogen-bond acceptors (Lipinski definition) is 7. The number of likely N-dealkylation sites (N-methyl/N-ethyl adjacent to an activating group) is 1. The van der Waals surface area contributed by atoms with Crippen molar-refractivity contribution in [3.8, 4) is 0 Å². The third kappa shape index (κ3) is 6.98. The standard InChI is InChI=1S/C28H36N4OS.CH4O3S/c1-5-32(20(2)33)26-19-22-18-21(10-11-24(22)28(26,3)4)12-13-30-14-16-31(17-15-30)27-23-8-6-7-9-25(23)34-29-27;1-5(2,3)4/h6-11,18,26H,5,12-17,19H2,1-4H3;1H3,(H,2,3,4). The van der Waals surface area contributed by atoms with Gasteiger partial charge in [0, 0.05) is 63.0 Å². The van der Waals surface area contributed by atoms with Gasteiger partial charge in [-0.15, -0.1) is 0 Å². The molecule has 1 aliphatic heterocycles. The van der Waals surface area contributed by atoms with E-state index < -0.39 is 10.1 Å². The molecule has 5 rings (SSSR count). The highest BCUT2D eigenvalue weighted by Gasteiger charge is 2.43. The molecule has 1 aliphatic carbocycles. The summed E-state index contributed by atoms with van der Waals surface area (Å²) in [5.74, 6) is 1.33. The number of anilines is 1. The lowest BCUT2D eigenvalue weighted by Gasteiger charge is -2.37. The number of amides is 1. The van der Waals surface area contributed by atoms with Crippen molar-refractivity contribution in [3.05, 3.63) is 59.2 Å². The van der Waals surface area contributed by atoms with Crippen molar-refractivity contribution in [2.24, 2.45) is 0 Å². The summed E-state index contributed by atoms with van der Waals surface area (Å²) in [6, 6.07) is 15.8. The molecule has 0 bridgehead atoms. The third-order valence-corrected chi connectivity index (χ3v) is 8.80. The SMILES string of the molecule is CCN(C(C)=O)C1Cc2cc(CCN3CCN(c4nsc5ccccc45)CC3)ccc2C1(C)C.CS(=O)(=O)O. The third-order valence-electron chi connectivity index (χ3n) is 7.98. The minimum absolute atomic E-state index is 0.00820. The summed E-state index contributed by atoms with van der Waals surface area (Å²) in [6.45, 7) is 14.5. The van der Waals surface area contributed by atoms with Crippen LogP contribution in [0.1, 0.15) is 44.4 Å². The molecule has 39 heavy (non-hydrogen) atoms. The first-order valence-electron chi connectivity index (χ1n) is 13.5. The second-order valence-corrected chi connectivity index (χ2v) is 13.3. The molecule has 2 aliphatic rings. The van der Waals surface area contributed by atoms with Gasteiger partial charge in [-0.25, -0.2) is 0 Å². The smallest absolute Gasteiger partial charge is 0.261 e. The number of carbonyl (C=O) groups excluding carboxylic acids is 1. The lowest BCUT2D eigenvalue weighted by atomic mass is 9.82. The van der Waals surface area contributed by atoms with Crippen molar-refractivity contribution in [3.63, 3.8) is 0 Å². The Morgan fingerprint density at radius 1 is 1.15 bits per heavy atom. The molecule has 0 spiro atoms. The van der Waals surface area contributed by atoms with Crippen molar-refractivity contribution in [1.82, 2.24) is 14.2 Å². The quantitative estimate of drug-likeness (QED) is 0.442. The Bertz CT molecular complexity index is 1400. The highest BCUT2D eigenvalue weighted by molar-refractivity contribution is 7.85. The molecule has 0 saturated carbocycles. The first kappa shape index (κ1) is 29.5. The van der Waals surface area contributed by atoms with Crippen LogP contribution in [0.3, 0.4) is 0 Å². The summed E-state index contributed by atoms with van der Waals surface area (Å²) in [7, 11) is -3.67. The van der Waals surface area contributed by atoms with E-state index in [-0.39, 0.29) is 17.4 Å². The van der Waals surface area contributed by atoms with Gasteiger partial charge < -0.3 is 9.80 Å². The summed E-state index contributed by atoms with van der Waals surface area (Å²) in [4.78, 5) is 19.3. The van der Waals surface area contributed by atoms with E-state index in [1.54, 1.807) is 18.5 Å². The first-order valence-corrected chi connectivity index (χ1v) is 16.1. The van der Waals surface area contributed by atoms with Crippen LogP contribution in [0, 0.1) is 0 Å². The maximum Gasteiger partial charge on any atom is 0.261 e. The first-order chi connectivity index (χ1) is 18.4. The Hall–Kier alpha value is -2.53. The number of nitrogens with zero attached hydrogens (tertiary/aromatic N) is 4. The van der Waals surface area contributed by atoms with Crippen LogP contribution < -0.4 is 4.90 Å². The van der Waals surface area contributed by atoms with Gasteiger partial charge in [-0.05, 0) is 60.1 Å². The molecule has 1 unspecified atom stereocenters. The summed E-state index contributed by atoms with van der Waals surface area (Å²) in [5.41, 5.74) is 4.23. The number of piperazine rings is 1. The monoisotopic (exact) mass is 572 g/mol. The highest BCUT2D eigenvalue weighted by atomic mass is 32.2. The number of aromatic nitrogens is 1. The molecule has 1 N–H and O–H groups in total. The van der Waals surface area contributed by atoms with Crippen molar-refractivity contribution in [2.45, 2.75) is 52.0 Å². The van der Waals surface area contributed by atoms with Gasteiger partial charge >= 0.3 is 0 Å². The van der Waals surface area contributed by atoms with E-state index in [2.05, 4.69) is 73.0 Å². The van der Waals surface area contributed by atoms with Gasteiger partial charge in [0.05, 0.1) is 11.0 Å². The second kappa shape index (κ2) is 11.9. The van der Waals surface area contributed by atoms with Crippen LogP contribution in [-0.2, 0) is 33.2 Å². The molecule has 1 aromatic heterocycles. The normalized spacial score (nSPS) is 18.9. The van der Waals surface area contributed by atoms with Crippen LogP contribution in [-0.4, -0.2) is 84.6 Å². The highest BCUT2D eigenvalue weighted by Crippen LogP contribution is 2.41. The molecule has 1 fully saturated rings. The van der Waals surface area contributed by atoms with Gasteiger partial charge in [0.15, 0.2) is 0 Å². The van der Waals surface area contributed by atoms with Crippen LogP contribution in [0.25, 0.3) is 10.1 Å². The molecular weight excluding hydrogens is 532 g/mol. The summed E-state index contributed by atoms with van der Waals surface area (Å²) >= 11 is 1.60.